The molecule has 5 aromatic rings. The topological polar surface area (TPSA) is 115 Å². The number of azo groups is 1. The van der Waals surface area contributed by atoms with Crippen LogP contribution in [0.2, 0.25) is 0 Å². The third-order valence-corrected chi connectivity index (χ3v) is 5.18. The Morgan fingerprint density at radius 1 is 0.964 bits per heavy atom. The monoisotopic (exact) mass is 435 g/mol. The van der Waals surface area contributed by atoms with Gasteiger partial charge in [0, 0.05) is 20.8 Å². The van der Waals surface area contributed by atoms with Crippen molar-refractivity contribution in [1.82, 2.24) is 25.1 Å². The average Bonchev–Trinajstić information content (AvgIpc) is 3.17. The lowest BCUT2D eigenvalue weighted by atomic mass is 10.1. The number of aromatic hydroxyl groups is 1. The molecule has 0 spiro atoms. The average molecular weight is 436 g/mol. The minimum Gasteiger partial charge on any atom is -0.493 e. The molecule has 5 rings (SSSR count). The van der Waals surface area contributed by atoms with Gasteiger partial charge in [-0.05, 0) is 59.6 Å². The first-order chi connectivity index (χ1) is 13.5. The predicted octanol–water partition coefficient (Wildman–Crippen LogP) is 5.49. The lowest BCUT2D eigenvalue weighted by Gasteiger charge is -1.97. The molecule has 2 aromatic carbocycles. The standard InChI is InChI=1S/C19H14BrN7O/c1-8-3-4-13-10(5-8)15-17(21-13)23-19(26-24-15)27-25-16-11-6-9(2)7-12(20)14(11)22-18(16)28/h3-7,22,28H,1-2H3,(H,21,23,26). The van der Waals surface area contributed by atoms with Gasteiger partial charge >= 0.3 is 0 Å². The number of rotatable bonds is 2. The lowest BCUT2D eigenvalue weighted by Crippen LogP contribution is -1.86. The van der Waals surface area contributed by atoms with Gasteiger partial charge in [0.05, 0.1) is 5.52 Å². The number of halogens is 1. The smallest absolute Gasteiger partial charge is 0.289 e. The van der Waals surface area contributed by atoms with Crippen molar-refractivity contribution in [2.75, 3.05) is 0 Å². The molecule has 28 heavy (non-hydrogen) atoms. The fraction of sp³-hybridized carbons (Fsp3) is 0.105. The first-order valence-electron chi connectivity index (χ1n) is 8.55. The van der Waals surface area contributed by atoms with Crippen LogP contribution in [0, 0.1) is 13.8 Å². The molecule has 0 aliphatic heterocycles. The van der Waals surface area contributed by atoms with Crippen molar-refractivity contribution in [3.05, 3.63) is 45.9 Å². The van der Waals surface area contributed by atoms with Gasteiger partial charge in [0.25, 0.3) is 5.95 Å². The van der Waals surface area contributed by atoms with Gasteiger partial charge in [-0.2, -0.15) is 4.98 Å². The van der Waals surface area contributed by atoms with Crippen LogP contribution in [0.4, 0.5) is 11.6 Å². The van der Waals surface area contributed by atoms with Crippen molar-refractivity contribution in [2.24, 2.45) is 10.2 Å². The highest BCUT2D eigenvalue weighted by Gasteiger charge is 2.14. The van der Waals surface area contributed by atoms with Crippen LogP contribution in [0.25, 0.3) is 33.0 Å². The van der Waals surface area contributed by atoms with E-state index in [4.69, 9.17) is 0 Å². The molecule has 0 saturated carbocycles. The van der Waals surface area contributed by atoms with E-state index in [2.05, 4.69) is 51.3 Å². The van der Waals surface area contributed by atoms with E-state index in [9.17, 15) is 5.11 Å². The SMILES string of the molecule is Cc1cc(Br)c2[nH]c(O)c(N=Nc3nnc4c(n3)[nH]c3ccc(C)cc34)c2c1. The third kappa shape index (κ3) is 2.63. The summed E-state index contributed by atoms with van der Waals surface area (Å²) in [6.45, 7) is 3.99. The molecule has 3 aromatic heterocycles. The number of aromatic nitrogens is 5. The van der Waals surface area contributed by atoms with Gasteiger partial charge in [0.15, 0.2) is 11.3 Å². The highest BCUT2D eigenvalue weighted by molar-refractivity contribution is 9.10. The summed E-state index contributed by atoms with van der Waals surface area (Å²) in [7, 11) is 0. The molecule has 138 valence electrons. The first kappa shape index (κ1) is 16.8. The zero-order valence-corrected chi connectivity index (χ0v) is 16.5. The molecule has 0 bridgehead atoms. The highest BCUT2D eigenvalue weighted by Crippen LogP contribution is 2.39. The maximum absolute atomic E-state index is 10.2. The van der Waals surface area contributed by atoms with E-state index in [-0.39, 0.29) is 11.8 Å². The molecule has 0 atom stereocenters. The molecule has 0 aliphatic rings. The van der Waals surface area contributed by atoms with Crippen LogP contribution in [0.15, 0.2) is 45.0 Å². The van der Waals surface area contributed by atoms with E-state index in [1.807, 2.05) is 44.2 Å². The first-order valence-corrected chi connectivity index (χ1v) is 9.34. The molecular weight excluding hydrogens is 422 g/mol. The number of nitrogens with zero attached hydrogens (tertiary/aromatic N) is 5. The number of H-pyrrole nitrogens is 2. The summed E-state index contributed by atoms with van der Waals surface area (Å²) in [5.74, 6) is 0.0384. The minimum atomic E-state index is -0.0693. The Hall–Kier alpha value is -3.33. The highest BCUT2D eigenvalue weighted by atomic mass is 79.9. The van der Waals surface area contributed by atoms with E-state index in [0.717, 1.165) is 37.4 Å². The van der Waals surface area contributed by atoms with E-state index in [0.29, 0.717) is 16.9 Å². The van der Waals surface area contributed by atoms with E-state index in [1.165, 1.54) is 0 Å². The van der Waals surface area contributed by atoms with Gasteiger partial charge in [-0.15, -0.1) is 20.4 Å². The zero-order valence-electron chi connectivity index (χ0n) is 14.9. The molecule has 0 radical (unpaired) electrons. The number of nitrogens with one attached hydrogen (secondary N) is 2. The van der Waals surface area contributed by atoms with E-state index in [1.54, 1.807) is 0 Å². The van der Waals surface area contributed by atoms with Gasteiger partial charge in [-0.3, -0.25) is 0 Å². The number of fused-ring (bicyclic) bond motifs is 4. The molecule has 0 fully saturated rings. The Kier molecular flexibility index (Phi) is 3.66. The van der Waals surface area contributed by atoms with Crippen LogP contribution in [0.5, 0.6) is 5.88 Å². The Labute approximate surface area is 166 Å². The van der Waals surface area contributed by atoms with Gasteiger partial charge in [-0.25, -0.2) is 0 Å². The van der Waals surface area contributed by atoms with Gasteiger partial charge in [0.2, 0.25) is 5.88 Å². The zero-order chi connectivity index (χ0) is 19.4. The minimum absolute atomic E-state index is 0.0693. The number of benzene rings is 2. The Bertz CT molecular complexity index is 1420. The summed E-state index contributed by atoms with van der Waals surface area (Å²) >= 11 is 3.49. The maximum atomic E-state index is 10.2. The predicted molar refractivity (Wildman–Crippen MR) is 111 cm³/mol. The van der Waals surface area contributed by atoms with Gasteiger partial charge in [-0.1, -0.05) is 11.6 Å². The second kappa shape index (κ2) is 6.10. The van der Waals surface area contributed by atoms with E-state index >= 15 is 0 Å². The Morgan fingerprint density at radius 2 is 1.79 bits per heavy atom. The molecule has 3 heterocycles. The van der Waals surface area contributed by atoms with E-state index < -0.39 is 0 Å². The van der Waals surface area contributed by atoms with Crippen LogP contribution in [0.3, 0.4) is 0 Å². The van der Waals surface area contributed by atoms with Crippen molar-refractivity contribution < 1.29 is 5.11 Å². The quantitative estimate of drug-likeness (QED) is 0.318. The van der Waals surface area contributed by atoms with Crippen molar-refractivity contribution in [1.29, 1.82) is 0 Å². The molecule has 0 aliphatic carbocycles. The molecule has 3 N–H and O–H groups in total. The summed E-state index contributed by atoms with van der Waals surface area (Å²) in [5, 5.41) is 28.5. The maximum Gasteiger partial charge on any atom is 0.289 e. The molecule has 0 amide bonds. The van der Waals surface area contributed by atoms with Crippen molar-refractivity contribution in [3.8, 4) is 5.88 Å². The third-order valence-electron chi connectivity index (χ3n) is 4.56. The largest absolute Gasteiger partial charge is 0.493 e. The molecule has 0 saturated heterocycles. The van der Waals surface area contributed by atoms with Crippen LogP contribution >= 0.6 is 15.9 Å². The van der Waals surface area contributed by atoms with Crippen LogP contribution in [-0.4, -0.2) is 30.3 Å². The van der Waals surface area contributed by atoms with Gasteiger partial charge in [0.1, 0.15) is 5.52 Å². The Balaban J connectivity index is 1.60. The van der Waals surface area contributed by atoms with Crippen LogP contribution in [-0.2, 0) is 0 Å². The fourth-order valence-corrected chi connectivity index (χ4v) is 3.95. The summed E-state index contributed by atoms with van der Waals surface area (Å²) < 4.78 is 0.840. The number of aromatic amines is 2. The summed E-state index contributed by atoms with van der Waals surface area (Å²) in [5.41, 5.74) is 5.45. The normalized spacial score (nSPS) is 12.1. The molecule has 0 unspecified atom stereocenters. The second-order valence-corrected chi connectivity index (χ2v) is 7.53. The number of hydrogen-bond donors (Lipinski definition) is 3. The lowest BCUT2D eigenvalue weighted by molar-refractivity contribution is 0.459. The summed E-state index contributed by atoms with van der Waals surface area (Å²) in [6.07, 6.45) is 0. The fourth-order valence-electron chi connectivity index (χ4n) is 3.28. The molecule has 8 nitrogen and oxygen atoms in total. The van der Waals surface area contributed by atoms with Crippen LogP contribution < -0.4 is 0 Å². The van der Waals surface area contributed by atoms with Crippen LogP contribution in [0.1, 0.15) is 11.1 Å². The molecule has 9 heteroatoms. The summed E-state index contributed by atoms with van der Waals surface area (Å²) in [6, 6.07) is 9.92. The molecular formula is C19H14BrN7O. The van der Waals surface area contributed by atoms with Gasteiger partial charge < -0.3 is 15.1 Å². The summed E-state index contributed by atoms with van der Waals surface area (Å²) in [4.78, 5) is 10.5. The van der Waals surface area contributed by atoms with Crippen molar-refractivity contribution in [2.45, 2.75) is 13.8 Å². The second-order valence-electron chi connectivity index (χ2n) is 6.67. The number of aryl methyl sites for hydroxylation is 2. The number of hydrogen-bond acceptors (Lipinski definition) is 6. The van der Waals surface area contributed by atoms with Crippen molar-refractivity contribution >= 4 is 60.5 Å². The Morgan fingerprint density at radius 3 is 2.64 bits per heavy atom. The van der Waals surface area contributed by atoms with Crippen molar-refractivity contribution in [3.63, 3.8) is 0 Å².